The molecule has 0 amide bonds. The van der Waals surface area contributed by atoms with Crippen LogP contribution in [0.25, 0.3) is 21.3 Å². The number of alkyl halides is 1. The Morgan fingerprint density at radius 3 is 2.95 bits per heavy atom. The lowest BCUT2D eigenvalue weighted by Crippen LogP contribution is -2.10. The van der Waals surface area contributed by atoms with Crippen LogP contribution in [-0.4, -0.2) is 17.1 Å². The summed E-state index contributed by atoms with van der Waals surface area (Å²) in [6.45, 7) is 0. The average Bonchev–Trinajstić information content (AvgIpc) is 2.91. The number of halogens is 2. The number of aromatic nitrogens is 2. The molecule has 4 nitrogen and oxygen atoms in total. The lowest BCUT2D eigenvalue weighted by atomic mass is 10.1. The fraction of sp³-hybridized carbons (Fsp3) is 0.143. The molecule has 0 saturated carbocycles. The van der Waals surface area contributed by atoms with Crippen LogP contribution in [0.1, 0.15) is 5.82 Å². The molecular formula is C14H10ClFN2O2S. The van der Waals surface area contributed by atoms with Crippen LogP contribution < -0.4 is 10.3 Å². The van der Waals surface area contributed by atoms with Crippen LogP contribution in [0.15, 0.2) is 28.4 Å². The van der Waals surface area contributed by atoms with Gasteiger partial charge in [-0.3, -0.25) is 4.79 Å². The second-order valence-electron chi connectivity index (χ2n) is 4.33. The lowest BCUT2D eigenvalue weighted by molar-refractivity contribution is 0.386. The van der Waals surface area contributed by atoms with Crippen molar-refractivity contribution in [1.29, 1.82) is 0 Å². The van der Waals surface area contributed by atoms with E-state index in [1.807, 2.05) is 0 Å². The molecule has 0 aliphatic rings. The zero-order chi connectivity index (χ0) is 15.0. The van der Waals surface area contributed by atoms with E-state index < -0.39 is 5.82 Å². The van der Waals surface area contributed by atoms with Gasteiger partial charge in [-0.15, -0.1) is 22.9 Å². The van der Waals surface area contributed by atoms with Gasteiger partial charge in [-0.05, 0) is 17.7 Å². The van der Waals surface area contributed by atoms with Crippen LogP contribution in [0.5, 0.6) is 5.75 Å². The van der Waals surface area contributed by atoms with E-state index in [1.54, 1.807) is 11.4 Å². The van der Waals surface area contributed by atoms with E-state index in [2.05, 4.69) is 9.97 Å². The van der Waals surface area contributed by atoms with Crippen LogP contribution in [0, 0.1) is 5.82 Å². The van der Waals surface area contributed by atoms with Gasteiger partial charge in [0.15, 0.2) is 11.6 Å². The fourth-order valence-electron chi connectivity index (χ4n) is 2.10. The second-order valence-corrected chi connectivity index (χ2v) is 5.45. The van der Waals surface area contributed by atoms with Crippen LogP contribution in [0.2, 0.25) is 0 Å². The normalized spacial score (nSPS) is 11.0. The van der Waals surface area contributed by atoms with Crippen molar-refractivity contribution in [2.24, 2.45) is 0 Å². The number of fused-ring (bicyclic) bond motifs is 1. The summed E-state index contributed by atoms with van der Waals surface area (Å²) >= 11 is 7.01. The first-order chi connectivity index (χ1) is 10.1. The first-order valence-electron chi connectivity index (χ1n) is 6.04. The number of hydrogen-bond donors (Lipinski definition) is 1. The molecule has 0 bridgehead atoms. The van der Waals surface area contributed by atoms with Gasteiger partial charge in [0.1, 0.15) is 10.7 Å². The maximum Gasteiger partial charge on any atom is 0.260 e. The molecule has 0 aliphatic heterocycles. The topological polar surface area (TPSA) is 55.0 Å². The molecule has 1 aromatic carbocycles. The van der Waals surface area contributed by atoms with E-state index >= 15 is 0 Å². The maximum absolute atomic E-state index is 13.8. The summed E-state index contributed by atoms with van der Waals surface area (Å²) < 4.78 is 18.7. The van der Waals surface area contributed by atoms with E-state index in [1.165, 1.54) is 30.6 Å². The summed E-state index contributed by atoms with van der Waals surface area (Å²) in [5.41, 5.74) is 0.972. The molecule has 2 heterocycles. The number of nitrogens with one attached hydrogen (secondary N) is 1. The quantitative estimate of drug-likeness (QED) is 0.750. The van der Waals surface area contributed by atoms with Gasteiger partial charge in [-0.2, -0.15) is 0 Å². The molecule has 108 valence electrons. The number of nitrogens with zero attached hydrogens (tertiary/aromatic N) is 1. The van der Waals surface area contributed by atoms with Gasteiger partial charge >= 0.3 is 0 Å². The summed E-state index contributed by atoms with van der Waals surface area (Å²) in [6, 6.07) is 4.58. The van der Waals surface area contributed by atoms with Crippen molar-refractivity contribution < 1.29 is 9.13 Å². The van der Waals surface area contributed by atoms with Crippen molar-refractivity contribution in [1.82, 2.24) is 9.97 Å². The number of benzene rings is 1. The molecule has 0 atom stereocenters. The second kappa shape index (κ2) is 5.46. The molecule has 3 aromatic rings. The first-order valence-corrected chi connectivity index (χ1v) is 7.45. The number of aromatic amines is 1. The summed E-state index contributed by atoms with van der Waals surface area (Å²) in [7, 11) is 1.40. The minimum atomic E-state index is -0.476. The zero-order valence-electron chi connectivity index (χ0n) is 10.9. The average molecular weight is 325 g/mol. The van der Waals surface area contributed by atoms with E-state index in [4.69, 9.17) is 16.3 Å². The molecule has 2 aromatic heterocycles. The fourth-order valence-corrected chi connectivity index (χ4v) is 3.20. The highest BCUT2D eigenvalue weighted by Gasteiger charge is 2.14. The number of rotatable bonds is 3. The van der Waals surface area contributed by atoms with Crippen molar-refractivity contribution in [3.05, 3.63) is 45.6 Å². The molecule has 3 rings (SSSR count). The number of ether oxygens (including phenoxy) is 1. The molecule has 0 spiro atoms. The minimum Gasteiger partial charge on any atom is -0.494 e. The lowest BCUT2D eigenvalue weighted by Gasteiger charge is -2.04. The summed E-state index contributed by atoms with van der Waals surface area (Å²) in [5.74, 6) is 0.240. The van der Waals surface area contributed by atoms with Gasteiger partial charge in [-0.25, -0.2) is 9.37 Å². The largest absolute Gasteiger partial charge is 0.494 e. The third-order valence-corrected chi connectivity index (χ3v) is 4.21. The molecule has 0 fully saturated rings. The number of hydrogen-bond acceptors (Lipinski definition) is 4. The number of thiophene rings is 1. The molecular weight excluding hydrogens is 315 g/mol. The summed E-state index contributed by atoms with van der Waals surface area (Å²) in [5, 5.41) is 2.23. The third-order valence-electron chi connectivity index (χ3n) is 3.08. The molecule has 0 unspecified atom stereocenters. The molecule has 0 aliphatic carbocycles. The Kier molecular flexibility index (Phi) is 3.65. The highest BCUT2D eigenvalue weighted by atomic mass is 35.5. The van der Waals surface area contributed by atoms with E-state index in [-0.39, 0.29) is 17.2 Å². The molecule has 0 saturated heterocycles. The number of methoxy groups -OCH3 is 1. The van der Waals surface area contributed by atoms with Crippen molar-refractivity contribution in [2.75, 3.05) is 7.11 Å². The van der Waals surface area contributed by atoms with Crippen molar-refractivity contribution in [2.45, 2.75) is 5.88 Å². The monoisotopic (exact) mass is 324 g/mol. The molecule has 1 N–H and O–H groups in total. The van der Waals surface area contributed by atoms with Crippen molar-refractivity contribution in [3.63, 3.8) is 0 Å². The summed E-state index contributed by atoms with van der Waals surface area (Å²) in [6.07, 6.45) is 0. The SMILES string of the molecule is COc1ccc(-c2csc3nc(CCl)[nH]c(=O)c23)cc1F. The Balaban J connectivity index is 2.22. The Labute approximate surface area is 128 Å². The minimum absolute atomic E-state index is 0.135. The van der Waals surface area contributed by atoms with Gasteiger partial charge in [0.25, 0.3) is 5.56 Å². The third kappa shape index (κ3) is 2.41. The Morgan fingerprint density at radius 1 is 1.48 bits per heavy atom. The van der Waals surface area contributed by atoms with Crippen LogP contribution in [0.4, 0.5) is 4.39 Å². The molecule has 7 heteroatoms. The smallest absolute Gasteiger partial charge is 0.260 e. The van der Waals surface area contributed by atoms with Gasteiger partial charge in [-0.1, -0.05) is 6.07 Å². The number of H-pyrrole nitrogens is 1. The highest BCUT2D eigenvalue weighted by Crippen LogP contribution is 2.32. The van der Waals surface area contributed by atoms with Crippen molar-refractivity contribution >= 4 is 33.2 Å². The van der Waals surface area contributed by atoms with Gasteiger partial charge in [0.05, 0.1) is 18.4 Å². The van der Waals surface area contributed by atoms with Crippen molar-refractivity contribution in [3.8, 4) is 16.9 Å². The zero-order valence-corrected chi connectivity index (χ0v) is 12.5. The van der Waals surface area contributed by atoms with Gasteiger partial charge in [0, 0.05) is 10.9 Å². The first kappa shape index (κ1) is 14.0. The standard InChI is InChI=1S/C14H10ClFN2O2S/c1-20-10-3-2-7(4-9(10)16)8-6-21-14-12(8)13(19)17-11(5-15)18-14/h2-4,6H,5H2,1H3,(H,17,18,19). The van der Waals surface area contributed by atoms with Crippen LogP contribution >= 0.6 is 22.9 Å². The van der Waals surface area contributed by atoms with Gasteiger partial charge < -0.3 is 9.72 Å². The maximum atomic E-state index is 13.8. The Hall–Kier alpha value is -1.92. The van der Waals surface area contributed by atoms with Crippen LogP contribution in [0.3, 0.4) is 0 Å². The van der Waals surface area contributed by atoms with E-state index in [9.17, 15) is 9.18 Å². The van der Waals surface area contributed by atoms with E-state index in [0.717, 1.165) is 0 Å². The van der Waals surface area contributed by atoms with Gasteiger partial charge in [0.2, 0.25) is 0 Å². The summed E-state index contributed by atoms with van der Waals surface area (Å²) in [4.78, 5) is 19.6. The highest BCUT2D eigenvalue weighted by molar-refractivity contribution is 7.17. The Bertz CT molecular complexity index is 875. The molecule has 21 heavy (non-hydrogen) atoms. The predicted molar refractivity (Wildman–Crippen MR) is 81.7 cm³/mol. The Morgan fingerprint density at radius 2 is 2.29 bits per heavy atom. The molecule has 0 radical (unpaired) electrons. The van der Waals surface area contributed by atoms with Crippen LogP contribution in [-0.2, 0) is 5.88 Å². The predicted octanol–water partition coefficient (Wildman–Crippen LogP) is 3.54. The van der Waals surface area contributed by atoms with E-state index in [0.29, 0.717) is 27.2 Å².